The van der Waals surface area contributed by atoms with E-state index in [-0.39, 0.29) is 10.9 Å². The molecule has 2 aromatic rings. The standard InChI is InChI=1S/C22H27N3O5S/c1-17-7-9-18(10-8-17)31(27,28)25-15-16-30-22(25)11-13-24(14-12-22)21(26)23-19-5-3-4-6-20(19)29-2/h3-10H,11-16H2,1-2H3,(H,23,26). The molecule has 8 nitrogen and oxygen atoms in total. The lowest BCUT2D eigenvalue weighted by atomic mass is 10.0. The van der Waals surface area contributed by atoms with E-state index in [1.165, 1.54) is 4.31 Å². The maximum atomic E-state index is 13.3. The van der Waals surface area contributed by atoms with Gasteiger partial charge in [-0.25, -0.2) is 13.2 Å². The first kappa shape index (κ1) is 21.6. The summed E-state index contributed by atoms with van der Waals surface area (Å²) in [5.41, 5.74) is 0.682. The lowest BCUT2D eigenvalue weighted by Crippen LogP contribution is -2.56. The van der Waals surface area contributed by atoms with E-state index in [9.17, 15) is 13.2 Å². The summed E-state index contributed by atoms with van der Waals surface area (Å²) in [5, 5.41) is 2.87. The number of rotatable bonds is 4. The summed E-state index contributed by atoms with van der Waals surface area (Å²) in [6, 6.07) is 13.8. The van der Waals surface area contributed by atoms with Crippen LogP contribution >= 0.6 is 0 Å². The van der Waals surface area contributed by atoms with Crippen LogP contribution in [0.1, 0.15) is 18.4 Å². The molecule has 2 saturated heterocycles. The van der Waals surface area contributed by atoms with Gasteiger partial charge >= 0.3 is 6.03 Å². The van der Waals surface area contributed by atoms with Gasteiger partial charge in [-0.05, 0) is 31.2 Å². The van der Waals surface area contributed by atoms with Crippen molar-refractivity contribution < 1.29 is 22.7 Å². The van der Waals surface area contributed by atoms with Crippen molar-refractivity contribution in [1.82, 2.24) is 9.21 Å². The predicted molar refractivity (Wildman–Crippen MR) is 117 cm³/mol. The average molecular weight is 446 g/mol. The second-order valence-corrected chi connectivity index (χ2v) is 9.66. The van der Waals surface area contributed by atoms with Crippen LogP contribution in [0.25, 0.3) is 0 Å². The van der Waals surface area contributed by atoms with E-state index in [0.717, 1.165) is 5.56 Å². The maximum Gasteiger partial charge on any atom is 0.321 e. The van der Waals surface area contributed by atoms with Crippen molar-refractivity contribution in [1.29, 1.82) is 0 Å². The van der Waals surface area contributed by atoms with E-state index in [1.54, 1.807) is 48.4 Å². The Balaban J connectivity index is 1.46. The zero-order valence-corrected chi connectivity index (χ0v) is 18.5. The number of ether oxygens (including phenoxy) is 2. The van der Waals surface area contributed by atoms with Gasteiger partial charge in [0, 0.05) is 32.5 Å². The number of sulfonamides is 1. The lowest BCUT2D eigenvalue weighted by molar-refractivity contribution is -0.0840. The van der Waals surface area contributed by atoms with Crippen LogP contribution in [0.3, 0.4) is 0 Å². The molecule has 2 aliphatic heterocycles. The van der Waals surface area contributed by atoms with Crippen LogP contribution in [-0.2, 0) is 14.8 Å². The number of likely N-dealkylation sites (tertiary alicyclic amines) is 1. The highest BCUT2D eigenvalue weighted by Gasteiger charge is 2.51. The first-order chi connectivity index (χ1) is 14.9. The molecule has 1 N–H and O–H groups in total. The summed E-state index contributed by atoms with van der Waals surface area (Å²) < 4.78 is 39.3. The molecule has 0 saturated carbocycles. The molecular weight excluding hydrogens is 418 g/mol. The van der Waals surface area contributed by atoms with Gasteiger partial charge in [-0.15, -0.1) is 0 Å². The molecular formula is C22H27N3O5S. The number of nitrogens with one attached hydrogen (secondary N) is 1. The molecule has 31 heavy (non-hydrogen) atoms. The van der Waals surface area contributed by atoms with Crippen LogP contribution in [0.15, 0.2) is 53.4 Å². The Hall–Kier alpha value is -2.62. The van der Waals surface area contributed by atoms with Crippen LogP contribution in [0.5, 0.6) is 5.75 Å². The number of anilines is 1. The Labute approximate surface area is 182 Å². The van der Waals surface area contributed by atoms with Crippen molar-refractivity contribution in [3.8, 4) is 5.75 Å². The monoisotopic (exact) mass is 445 g/mol. The summed E-state index contributed by atoms with van der Waals surface area (Å²) in [4.78, 5) is 14.7. The molecule has 166 valence electrons. The van der Waals surface area contributed by atoms with Crippen molar-refractivity contribution in [2.24, 2.45) is 0 Å². The van der Waals surface area contributed by atoms with Crippen molar-refractivity contribution in [2.75, 3.05) is 38.7 Å². The third kappa shape index (κ3) is 4.13. The Morgan fingerprint density at radius 2 is 1.74 bits per heavy atom. The Kier molecular flexibility index (Phi) is 5.92. The van der Waals surface area contributed by atoms with Gasteiger partial charge in [0.1, 0.15) is 11.5 Å². The highest BCUT2D eigenvalue weighted by atomic mass is 32.2. The van der Waals surface area contributed by atoms with E-state index >= 15 is 0 Å². The number of urea groups is 1. The number of hydrogen-bond acceptors (Lipinski definition) is 5. The Morgan fingerprint density at radius 1 is 1.06 bits per heavy atom. The van der Waals surface area contributed by atoms with Gasteiger partial charge in [-0.2, -0.15) is 4.31 Å². The molecule has 2 aliphatic rings. The summed E-state index contributed by atoms with van der Waals surface area (Å²) in [7, 11) is -2.13. The number of piperidine rings is 1. The molecule has 2 fully saturated rings. The molecule has 2 aromatic carbocycles. The normalized spacial score (nSPS) is 18.8. The topological polar surface area (TPSA) is 88.2 Å². The van der Waals surface area contributed by atoms with Gasteiger partial charge < -0.3 is 19.7 Å². The number of para-hydroxylation sites is 2. The number of hydrogen-bond donors (Lipinski definition) is 1. The zero-order chi connectivity index (χ0) is 22.1. The Morgan fingerprint density at radius 3 is 2.42 bits per heavy atom. The molecule has 0 bridgehead atoms. The highest BCUT2D eigenvalue weighted by molar-refractivity contribution is 7.89. The Bertz CT molecular complexity index is 1050. The second kappa shape index (κ2) is 8.49. The summed E-state index contributed by atoms with van der Waals surface area (Å²) in [6.45, 7) is 3.35. The van der Waals surface area contributed by atoms with Crippen molar-refractivity contribution in [3.05, 3.63) is 54.1 Å². The molecule has 0 unspecified atom stereocenters. The largest absolute Gasteiger partial charge is 0.495 e. The number of carbonyl (C=O) groups is 1. The fourth-order valence-electron chi connectivity index (χ4n) is 4.17. The minimum absolute atomic E-state index is 0.245. The number of methoxy groups -OCH3 is 1. The predicted octanol–water partition coefficient (Wildman–Crippen LogP) is 3.05. The average Bonchev–Trinajstić information content (AvgIpc) is 3.18. The highest BCUT2D eigenvalue weighted by Crippen LogP contribution is 2.38. The SMILES string of the molecule is COc1ccccc1NC(=O)N1CCC2(CC1)OCCN2S(=O)(=O)c1ccc(C)cc1. The molecule has 2 heterocycles. The van der Waals surface area contributed by atoms with Crippen molar-refractivity contribution in [3.63, 3.8) is 0 Å². The van der Waals surface area contributed by atoms with Crippen LogP contribution in [-0.4, -0.2) is 62.7 Å². The minimum atomic E-state index is -3.69. The first-order valence-electron chi connectivity index (χ1n) is 10.3. The van der Waals surface area contributed by atoms with Crippen molar-refractivity contribution >= 4 is 21.7 Å². The maximum absolute atomic E-state index is 13.3. The van der Waals surface area contributed by atoms with Crippen LogP contribution in [0.2, 0.25) is 0 Å². The molecule has 1 spiro atoms. The molecule has 2 amide bonds. The fourth-order valence-corrected chi connectivity index (χ4v) is 5.89. The summed E-state index contributed by atoms with van der Waals surface area (Å²) in [6.07, 6.45) is 0.828. The minimum Gasteiger partial charge on any atom is -0.495 e. The third-order valence-corrected chi connectivity index (χ3v) is 7.87. The first-order valence-corrected chi connectivity index (χ1v) is 11.7. The summed E-state index contributed by atoms with van der Waals surface area (Å²) in [5.74, 6) is 0.582. The molecule has 0 aliphatic carbocycles. The molecule has 4 rings (SSSR count). The summed E-state index contributed by atoms with van der Waals surface area (Å²) >= 11 is 0. The van der Waals surface area contributed by atoms with Crippen molar-refractivity contribution in [2.45, 2.75) is 30.4 Å². The van der Waals surface area contributed by atoms with Crippen LogP contribution in [0, 0.1) is 6.92 Å². The number of benzene rings is 2. The van der Waals surface area contributed by atoms with Gasteiger partial charge in [0.05, 0.1) is 24.3 Å². The third-order valence-electron chi connectivity index (χ3n) is 5.91. The van der Waals surface area contributed by atoms with E-state index in [4.69, 9.17) is 9.47 Å². The lowest BCUT2D eigenvalue weighted by Gasteiger charge is -2.42. The van der Waals surface area contributed by atoms with Crippen LogP contribution < -0.4 is 10.1 Å². The van der Waals surface area contributed by atoms with E-state index in [1.807, 2.05) is 19.1 Å². The van der Waals surface area contributed by atoms with Gasteiger partial charge in [-0.1, -0.05) is 29.8 Å². The molecule has 9 heteroatoms. The van der Waals surface area contributed by atoms with Gasteiger partial charge in [0.15, 0.2) is 0 Å². The quantitative estimate of drug-likeness (QED) is 0.782. The molecule has 0 atom stereocenters. The molecule has 0 radical (unpaired) electrons. The van der Waals surface area contributed by atoms with Gasteiger partial charge in [-0.3, -0.25) is 0 Å². The van der Waals surface area contributed by atoms with Crippen LogP contribution in [0.4, 0.5) is 10.5 Å². The fraction of sp³-hybridized carbons (Fsp3) is 0.409. The van der Waals surface area contributed by atoms with Gasteiger partial charge in [0.25, 0.3) is 0 Å². The van der Waals surface area contributed by atoms with Gasteiger partial charge in [0.2, 0.25) is 10.0 Å². The van der Waals surface area contributed by atoms with E-state index < -0.39 is 15.7 Å². The molecule has 0 aromatic heterocycles. The van der Waals surface area contributed by atoms with E-state index in [0.29, 0.717) is 50.5 Å². The second-order valence-electron chi connectivity index (χ2n) is 7.80. The smallest absolute Gasteiger partial charge is 0.321 e. The van der Waals surface area contributed by atoms with E-state index in [2.05, 4.69) is 5.32 Å². The number of aryl methyl sites for hydroxylation is 1. The number of carbonyl (C=O) groups excluding carboxylic acids is 1. The number of amides is 2. The number of nitrogens with zero attached hydrogens (tertiary/aromatic N) is 2. The zero-order valence-electron chi connectivity index (χ0n) is 17.7.